The van der Waals surface area contributed by atoms with Crippen LogP contribution >= 0.6 is 0 Å². The molecule has 28 heavy (non-hydrogen) atoms. The molecule has 1 saturated heterocycles. The highest BCUT2D eigenvalue weighted by atomic mass is 19.1. The zero-order valence-electron chi connectivity index (χ0n) is 15.4. The SMILES string of the molecule is Cn1cnc(C(=O)N2CCCC2c2nc(CCOc3ccc(F)cc3)no2)c1. The van der Waals surface area contributed by atoms with Crippen molar-refractivity contribution in [2.24, 2.45) is 7.05 Å². The van der Waals surface area contributed by atoms with E-state index in [1.807, 2.05) is 7.05 Å². The molecule has 9 heteroatoms. The van der Waals surface area contributed by atoms with Crippen LogP contribution in [0.15, 0.2) is 41.3 Å². The van der Waals surface area contributed by atoms with Gasteiger partial charge in [-0.1, -0.05) is 5.16 Å². The van der Waals surface area contributed by atoms with Gasteiger partial charge in [-0.15, -0.1) is 0 Å². The second-order valence-electron chi connectivity index (χ2n) is 6.68. The average Bonchev–Trinajstić information content (AvgIpc) is 3.43. The van der Waals surface area contributed by atoms with Gasteiger partial charge in [0.1, 0.15) is 23.3 Å². The lowest BCUT2D eigenvalue weighted by atomic mass is 10.2. The van der Waals surface area contributed by atoms with E-state index in [2.05, 4.69) is 15.1 Å². The summed E-state index contributed by atoms with van der Waals surface area (Å²) in [5.41, 5.74) is 0.404. The van der Waals surface area contributed by atoms with Gasteiger partial charge in [0.2, 0.25) is 5.89 Å². The minimum absolute atomic E-state index is 0.137. The molecule has 3 heterocycles. The maximum atomic E-state index is 12.9. The number of imidazole rings is 1. The van der Waals surface area contributed by atoms with Crippen molar-refractivity contribution in [2.45, 2.75) is 25.3 Å². The quantitative estimate of drug-likeness (QED) is 0.648. The lowest BCUT2D eigenvalue weighted by Gasteiger charge is -2.20. The average molecular weight is 385 g/mol. The van der Waals surface area contributed by atoms with Gasteiger partial charge in [0, 0.05) is 26.2 Å². The molecule has 3 aromatic rings. The molecular formula is C19H20FN5O3. The van der Waals surface area contributed by atoms with E-state index in [1.165, 1.54) is 12.1 Å². The van der Waals surface area contributed by atoms with Crippen LogP contribution in [0, 0.1) is 5.82 Å². The summed E-state index contributed by atoms with van der Waals surface area (Å²) in [4.78, 5) is 23.0. The molecule has 0 N–H and O–H groups in total. The van der Waals surface area contributed by atoms with Crippen molar-refractivity contribution in [3.05, 3.63) is 60.0 Å². The maximum Gasteiger partial charge on any atom is 0.274 e. The van der Waals surface area contributed by atoms with E-state index in [1.54, 1.807) is 34.1 Å². The Hall–Kier alpha value is -3.23. The second kappa shape index (κ2) is 7.79. The van der Waals surface area contributed by atoms with Gasteiger partial charge >= 0.3 is 0 Å². The predicted molar refractivity (Wildman–Crippen MR) is 96.1 cm³/mol. The van der Waals surface area contributed by atoms with Crippen LogP contribution in [-0.2, 0) is 13.5 Å². The number of aryl methyl sites for hydroxylation is 1. The molecule has 4 rings (SSSR count). The molecule has 1 aliphatic rings. The van der Waals surface area contributed by atoms with Gasteiger partial charge in [-0.3, -0.25) is 4.79 Å². The lowest BCUT2D eigenvalue weighted by molar-refractivity contribution is 0.0704. The number of hydrogen-bond acceptors (Lipinski definition) is 6. The Balaban J connectivity index is 1.37. The van der Waals surface area contributed by atoms with Gasteiger partial charge in [-0.05, 0) is 37.1 Å². The first kappa shape index (κ1) is 18.1. The summed E-state index contributed by atoms with van der Waals surface area (Å²) in [5.74, 6) is 1.07. The van der Waals surface area contributed by atoms with Crippen molar-refractivity contribution >= 4 is 5.91 Å². The van der Waals surface area contributed by atoms with Crippen LogP contribution < -0.4 is 4.74 Å². The minimum Gasteiger partial charge on any atom is -0.493 e. The van der Waals surface area contributed by atoms with Crippen molar-refractivity contribution in [3.8, 4) is 5.75 Å². The summed E-state index contributed by atoms with van der Waals surface area (Å²) in [6, 6.07) is 5.57. The Kier molecular flexibility index (Phi) is 5.05. The Bertz CT molecular complexity index is 953. The third kappa shape index (κ3) is 3.88. The van der Waals surface area contributed by atoms with Crippen LogP contribution in [0.25, 0.3) is 0 Å². The molecule has 0 spiro atoms. The highest BCUT2D eigenvalue weighted by molar-refractivity contribution is 5.92. The number of likely N-dealkylation sites (tertiary alicyclic amines) is 1. The van der Waals surface area contributed by atoms with Gasteiger partial charge < -0.3 is 18.7 Å². The Morgan fingerprint density at radius 2 is 2.18 bits per heavy atom. The van der Waals surface area contributed by atoms with Crippen molar-refractivity contribution in [2.75, 3.05) is 13.2 Å². The molecule has 8 nitrogen and oxygen atoms in total. The molecule has 1 unspecified atom stereocenters. The van der Waals surface area contributed by atoms with Crippen molar-refractivity contribution in [1.29, 1.82) is 0 Å². The third-order valence-corrected chi connectivity index (χ3v) is 4.61. The number of aromatic nitrogens is 4. The number of ether oxygens (including phenoxy) is 1. The topological polar surface area (TPSA) is 86.3 Å². The molecule has 1 aromatic carbocycles. The summed E-state index contributed by atoms with van der Waals surface area (Å²) in [6.07, 6.45) is 5.39. The Morgan fingerprint density at radius 1 is 1.36 bits per heavy atom. The molecule has 0 aliphatic carbocycles. The molecule has 146 valence electrons. The molecule has 2 aromatic heterocycles. The number of amides is 1. The van der Waals surface area contributed by atoms with Crippen LogP contribution in [-0.4, -0.2) is 43.7 Å². The summed E-state index contributed by atoms with van der Waals surface area (Å²) in [7, 11) is 1.82. The van der Waals surface area contributed by atoms with E-state index in [0.717, 1.165) is 12.8 Å². The summed E-state index contributed by atoms with van der Waals surface area (Å²) < 4.78 is 25.6. The molecular weight excluding hydrogens is 365 g/mol. The minimum atomic E-state index is -0.309. The number of benzene rings is 1. The number of carbonyl (C=O) groups is 1. The fourth-order valence-corrected chi connectivity index (χ4v) is 3.23. The smallest absolute Gasteiger partial charge is 0.274 e. The molecule has 1 fully saturated rings. The van der Waals surface area contributed by atoms with Crippen LogP contribution in [0.4, 0.5) is 4.39 Å². The zero-order valence-corrected chi connectivity index (χ0v) is 15.4. The number of nitrogens with zero attached hydrogens (tertiary/aromatic N) is 5. The zero-order chi connectivity index (χ0) is 19.5. The highest BCUT2D eigenvalue weighted by Gasteiger charge is 2.35. The van der Waals surface area contributed by atoms with Crippen molar-refractivity contribution in [3.63, 3.8) is 0 Å². The standard InChI is InChI=1S/C19H20FN5O3/c1-24-11-15(21-12-24)19(26)25-9-2-3-16(25)18-22-17(23-28-18)8-10-27-14-6-4-13(20)5-7-14/h4-7,11-12,16H,2-3,8-10H2,1H3. The molecule has 0 radical (unpaired) electrons. The third-order valence-electron chi connectivity index (χ3n) is 4.61. The van der Waals surface area contributed by atoms with Crippen molar-refractivity contribution < 1.29 is 18.4 Å². The fraction of sp³-hybridized carbons (Fsp3) is 0.368. The largest absolute Gasteiger partial charge is 0.493 e. The van der Waals surface area contributed by atoms with Gasteiger partial charge in [0.05, 0.1) is 12.9 Å². The maximum absolute atomic E-state index is 12.9. The van der Waals surface area contributed by atoms with E-state index in [4.69, 9.17) is 9.26 Å². The van der Waals surface area contributed by atoms with E-state index < -0.39 is 0 Å². The normalized spacial score (nSPS) is 16.5. The van der Waals surface area contributed by atoms with E-state index in [9.17, 15) is 9.18 Å². The van der Waals surface area contributed by atoms with E-state index in [-0.39, 0.29) is 17.8 Å². The molecule has 0 bridgehead atoms. The highest BCUT2D eigenvalue weighted by Crippen LogP contribution is 2.32. The van der Waals surface area contributed by atoms with Crippen LogP contribution in [0.3, 0.4) is 0 Å². The Labute approximate surface area is 160 Å². The van der Waals surface area contributed by atoms with E-state index >= 15 is 0 Å². The first-order valence-electron chi connectivity index (χ1n) is 9.10. The van der Waals surface area contributed by atoms with E-state index in [0.29, 0.717) is 42.7 Å². The Morgan fingerprint density at radius 3 is 2.93 bits per heavy atom. The van der Waals surface area contributed by atoms with Crippen LogP contribution in [0.2, 0.25) is 0 Å². The lowest BCUT2D eigenvalue weighted by Crippen LogP contribution is -2.31. The number of carbonyl (C=O) groups excluding carboxylic acids is 1. The second-order valence-corrected chi connectivity index (χ2v) is 6.68. The first-order chi connectivity index (χ1) is 13.6. The van der Waals surface area contributed by atoms with Gasteiger partial charge in [-0.2, -0.15) is 4.98 Å². The molecule has 1 atom stereocenters. The molecule has 1 aliphatic heterocycles. The van der Waals surface area contributed by atoms with Gasteiger partial charge in [0.15, 0.2) is 5.82 Å². The van der Waals surface area contributed by atoms with Crippen molar-refractivity contribution in [1.82, 2.24) is 24.6 Å². The van der Waals surface area contributed by atoms with Gasteiger partial charge in [-0.25, -0.2) is 9.37 Å². The predicted octanol–water partition coefficient (Wildman–Crippen LogP) is 2.54. The van der Waals surface area contributed by atoms with Gasteiger partial charge in [0.25, 0.3) is 5.91 Å². The number of rotatable bonds is 6. The van der Waals surface area contributed by atoms with Crippen LogP contribution in [0.1, 0.15) is 41.1 Å². The number of halogens is 1. The summed E-state index contributed by atoms with van der Waals surface area (Å²) in [5, 5.41) is 3.99. The van der Waals surface area contributed by atoms with Crippen LogP contribution in [0.5, 0.6) is 5.75 Å². The summed E-state index contributed by atoms with van der Waals surface area (Å²) in [6.45, 7) is 0.970. The fourth-order valence-electron chi connectivity index (χ4n) is 3.23. The summed E-state index contributed by atoms with van der Waals surface area (Å²) >= 11 is 0. The monoisotopic (exact) mass is 385 g/mol. The first-order valence-corrected chi connectivity index (χ1v) is 9.10. The molecule has 1 amide bonds. The molecule has 0 saturated carbocycles. The number of hydrogen-bond donors (Lipinski definition) is 0.